The number of anilines is 1. The van der Waals surface area contributed by atoms with Crippen molar-refractivity contribution < 1.29 is 14.0 Å². The number of hydrogen-bond donors (Lipinski definition) is 1. The Bertz CT molecular complexity index is 1130. The van der Waals surface area contributed by atoms with Crippen LogP contribution < -0.4 is 5.32 Å². The second-order valence-corrected chi connectivity index (χ2v) is 7.79. The lowest BCUT2D eigenvalue weighted by atomic mass is 10.2. The van der Waals surface area contributed by atoms with Gasteiger partial charge < -0.3 is 14.6 Å². The molecule has 2 heterocycles. The van der Waals surface area contributed by atoms with Crippen molar-refractivity contribution in [3.05, 3.63) is 95.9 Å². The molecule has 156 valence electrons. The van der Waals surface area contributed by atoms with E-state index in [1.54, 1.807) is 30.5 Å². The van der Waals surface area contributed by atoms with Crippen LogP contribution in [0.2, 0.25) is 0 Å². The van der Waals surface area contributed by atoms with Crippen molar-refractivity contribution in [2.75, 3.05) is 11.9 Å². The van der Waals surface area contributed by atoms with E-state index in [2.05, 4.69) is 10.3 Å². The summed E-state index contributed by atoms with van der Waals surface area (Å²) in [5.41, 5.74) is 2.38. The van der Waals surface area contributed by atoms with Gasteiger partial charge in [-0.25, -0.2) is 4.98 Å². The lowest BCUT2D eigenvalue weighted by Crippen LogP contribution is -2.38. The summed E-state index contributed by atoms with van der Waals surface area (Å²) in [6.45, 7) is 0.133. The molecule has 2 amide bonds. The standard InChI is InChI=1S/C24H21N3O3S/c28-22(25-19-10-5-2-6-11-19)16-27(15-21-12-7-13-30-21)23(29)14-20-17-31-24(26-20)18-8-3-1-4-9-18/h1-13,17H,14-16H2,(H,25,28). The second kappa shape index (κ2) is 9.86. The zero-order valence-corrected chi connectivity index (χ0v) is 17.5. The summed E-state index contributed by atoms with van der Waals surface area (Å²) in [5, 5.41) is 5.57. The minimum atomic E-state index is -0.269. The van der Waals surface area contributed by atoms with E-state index in [9.17, 15) is 9.59 Å². The highest BCUT2D eigenvalue weighted by Crippen LogP contribution is 2.23. The number of benzene rings is 2. The molecule has 0 radical (unpaired) electrons. The number of nitrogens with zero attached hydrogens (tertiary/aromatic N) is 2. The highest BCUT2D eigenvalue weighted by Gasteiger charge is 2.20. The Balaban J connectivity index is 1.45. The van der Waals surface area contributed by atoms with E-state index in [-0.39, 0.29) is 31.3 Å². The first-order valence-corrected chi connectivity index (χ1v) is 10.7. The topological polar surface area (TPSA) is 75.4 Å². The molecule has 4 rings (SSSR count). The van der Waals surface area contributed by atoms with Gasteiger partial charge in [-0.15, -0.1) is 11.3 Å². The highest BCUT2D eigenvalue weighted by atomic mass is 32.1. The Morgan fingerprint density at radius 2 is 1.71 bits per heavy atom. The number of carbonyl (C=O) groups excluding carboxylic acids is 2. The second-order valence-electron chi connectivity index (χ2n) is 6.93. The van der Waals surface area contributed by atoms with E-state index in [1.165, 1.54) is 16.2 Å². The van der Waals surface area contributed by atoms with Crippen LogP contribution in [0.1, 0.15) is 11.5 Å². The SMILES string of the molecule is O=C(CN(Cc1ccco1)C(=O)Cc1csc(-c2ccccc2)n1)Nc1ccccc1. The van der Waals surface area contributed by atoms with E-state index in [0.717, 1.165) is 10.6 Å². The molecule has 2 aromatic heterocycles. The third-order valence-corrected chi connectivity index (χ3v) is 5.52. The van der Waals surface area contributed by atoms with Gasteiger partial charge in [-0.2, -0.15) is 0 Å². The van der Waals surface area contributed by atoms with E-state index >= 15 is 0 Å². The molecule has 0 saturated heterocycles. The maximum Gasteiger partial charge on any atom is 0.244 e. The van der Waals surface area contributed by atoms with Gasteiger partial charge in [0.05, 0.1) is 24.9 Å². The predicted molar refractivity (Wildman–Crippen MR) is 120 cm³/mol. The van der Waals surface area contributed by atoms with Crippen LogP contribution in [0.5, 0.6) is 0 Å². The van der Waals surface area contributed by atoms with Crippen LogP contribution >= 0.6 is 11.3 Å². The van der Waals surface area contributed by atoms with Gasteiger partial charge in [0.2, 0.25) is 11.8 Å². The van der Waals surface area contributed by atoms with E-state index in [1.807, 2.05) is 53.9 Å². The Kier molecular flexibility index (Phi) is 6.54. The molecule has 0 aliphatic rings. The fourth-order valence-corrected chi connectivity index (χ4v) is 3.91. The number of amides is 2. The Labute approximate surface area is 184 Å². The van der Waals surface area contributed by atoms with Gasteiger partial charge in [0.25, 0.3) is 0 Å². The van der Waals surface area contributed by atoms with Gasteiger partial charge >= 0.3 is 0 Å². The molecular formula is C24H21N3O3S. The molecule has 0 fully saturated rings. The van der Waals surface area contributed by atoms with Crippen molar-refractivity contribution in [3.63, 3.8) is 0 Å². The molecule has 6 nitrogen and oxygen atoms in total. The van der Waals surface area contributed by atoms with Gasteiger partial charge in [0.1, 0.15) is 17.3 Å². The monoisotopic (exact) mass is 431 g/mol. The molecule has 31 heavy (non-hydrogen) atoms. The maximum absolute atomic E-state index is 13.0. The quantitative estimate of drug-likeness (QED) is 0.442. The van der Waals surface area contributed by atoms with E-state index < -0.39 is 0 Å². The lowest BCUT2D eigenvalue weighted by Gasteiger charge is -2.21. The van der Waals surface area contributed by atoms with Crippen molar-refractivity contribution >= 4 is 28.8 Å². The van der Waals surface area contributed by atoms with Crippen molar-refractivity contribution in [2.24, 2.45) is 0 Å². The highest BCUT2D eigenvalue weighted by molar-refractivity contribution is 7.13. The van der Waals surface area contributed by atoms with Crippen molar-refractivity contribution in [1.29, 1.82) is 0 Å². The number of aromatic nitrogens is 1. The lowest BCUT2D eigenvalue weighted by molar-refractivity contribution is -0.135. The molecule has 0 aliphatic heterocycles. The number of furan rings is 1. The van der Waals surface area contributed by atoms with Crippen LogP contribution in [0.25, 0.3) is 10.6 Å². The number of nitrogens with one attached hydrogen (secondary N) is 1. The molecule has 0 saturated carbocycles. The molecule has 0 atom stereocenters. The van der Waals surface area contributed by atoms with E-state index in [0.29, 0.717) is 17.1 Å². The van der Waals surface area contributed by atoms with Crippen LogP contribution in [-0.4, -0.2) is 28.2 Å². The minimum absolute atomic E-state index is 0.0793. The third-order valence-electron chi connectivity index (χ3n) is 4.58. The van der Waals surface area contributed by atoms with Gasteiger partial charge in [-0.1, -0.05) is 48.5 Å². The first-order chi connectivity index (χ1) is 15.2. The number of para-hydroxylation sites is 1. The van der Waals surface area contributed by atoms with Crippen molar-refractivity contribution in [1.82, 2.24) is 9.88 Å². The normalized spacial score (nSPS) is 10.6. The Morgan fingerprint density at radius 1 is 0.968 bits per heavy atom. The molecule has 2 aromatic carbocycles. The molecule has 0 bridgehead atoms. The summed E-state index contributed by atoms with van der Waals surface area (Å²) in [6.07, 6.45) is 1.66. The largest absolute Gasteiger partial charge is 0.467 e. The van der Waals surface area contributed by atoms with Crippen LogP contribution in [0, 0.1) is 0 Å². The average Bonchev–Trinajstić information content (AvgIpc) is 3.47. The molecule has 4 aromatic rings. The molecule has 7 heteroatoms. The number of thiazole rings is 1. The summed E-state index contributed by atoms with van der Waals surface area (Å²) in [4.78, 5) is 31.7. The maximum atomic E-state index is 13.0. The molecule has 0 aliphatic carbocycles. The zero-order valence-electron chi connectivity index (χ0n) is 16.7. The minimum Gasteiger partial charge on any atom is -0.467 e. The first-order valence-electron chi connectivity index (χ1n) is 9.82. The first kappa shape index (κ1) is 20.6. The summed E-state index contributed by atoms with van der Waals surface area (Å²) >= 11 is 1.50. The fourth-order valence-electron chi connectivity index (χ4n) is 3.09. The molecular weight excluding hydrogens is 410 g/mol. The summed E-state index contributed by atoms with van der Waals surface area (Å²) < 4.78 is 5.39. The van der Waals surface area contributed by atoms with E-state index in [4.69, 9.17) is 4.42 Å². The number of hydrogen-bond acceptors (Lipinski definition) is 5. The zero-order chi connectivity index (χ0) is 21.5. The smallest absolute Gasteiger partial charge is 0.244 e. The predicted octanol–water partition coefficient (Wildman–Crippen LogP) is 4.61. The Hall–Kier alpha value is -3.71. The van der Waals surface area contributed by atoms with Crippen LogP contribution in [-0.2, 0) is 22.6 Å². The van der Waals surface area contributed by atoms with Gasteiger partial charge in [-0.3, -0.25) is 9.59 Å². The number of carbonyl (C=O) groups is 2. The summed E-state index contributed by atoms with van der Waals surface area (Å²) in [6, 6.07) is 22.5. The van der Waals surface area contributed by atoms with Crippen molar-refractivity contribution in [2.45, 2.75) is 13.0 Å². The van der Waals surface area contributed by atoms with Crippen molar-refractivity contribution in [3.8, 4) is 10.6 Å². The fraction of sp³-hybridized carbons (Fsp3) is 0.125. The van der Waals surface area contributed by atoms with Gasteiger partial charge in [0.15, 0.2) is 0 Å². The van der Waals surface area contributed by atoms with Crippen LogP contribution in [0.15, 0.2) is 88.9 Å². The molecule has 0 spiro atoms. The molecule has 0 unspecified atom stereocenters. The number of rotatable bonds is 8. The Morgan fingerprint density at radius 3 is 2.42 bits per heavy atom. The average molecular weight is 432 g/mol. The molecule has 1 N–H and O–H groups in total. The summed E-state index contributed by atoms with van der Waals surface area (Å²) in [7, 11) is 0. The third kappa shape index (κ3) is 5.67. The van der Waals surface area contributed by atoms with Crippen LogP contribution in [0.4, 0.5) is 5.69 Å². The van der Waals surface area contributed by atoms with Gasteiger partial charge in [-0.05, 0) is 24.3 Å². The van der Waals surface area contributed by atoms with Gasteiger partial charge in [0, 0.05) is 16.6 Å². The summed E-state index contributed by atoms with van der Waals surface area (Å²) in [5.74, 6) is 0.156. The van der Waals surface area contributed by atoms with Crippen LogP contribution in [0.3, 0.4) is 0 Å².